The number of methoxy groups -OCH3 is 1. The summed E-state index contributed by atoms with van der Waals surface area (Å²) < 4.78 is 11.4. The molecule has 0 aromatic heterocycles. The van der Waals surface area contributed by atoms with E-state index in [1.807, 2.05) is 57.5 Å². The molecule has 0 fully saturated rings. The van der Waals surface area contributed by atoms with Crippen molar-refractivity contribution in [2.75, 3.05) is 52.8 Å². The van der Waals surface area contributed by atoms with Crippen LogP contribution in [-0.4, -0.2) is 64.3 Å². The Balaban J connectivity index is 2.13. The summed E-state index contributed by atoms with van der Waals surface area (Å²) >= 11 is 0. The van der Waals surface area contributed by atoms with Gasteiger partial charge in [-0.2, -0.15) is 0 Å². The van der Waals surface area contributed by atoms with Crippen molar-refractivity contribution in [2.45, 2.75) is 6.42 Å². The molecule has 0 unspecified atom stereocenters. The second kappa shape index (κ2) is 9.90. The van der Waals surface area contributed by atoms with Gasteiger partial charge in [0.15, 0.2) is 0 Å². The summed E-state index contributed by atoms with van der Waals surface area (Å²) in [7, 11) is 7.67. The highest BCUT2D eigenvalue weighted by Gasteiger charge is 2.22. The molecule has 0 saturated carbocycles. The average Bonchev–Trinajstić information content (AvgIpc) is 2.68. The van der Waals surface area contributed by atoms with Gasteiger partial charge >= 0.3 is 5.97 Å². The van der Waals surface area contributed by atoms with E-state index in [1.54, 1.807) is 30.2 Å². The molecule has 0 atom stereocenters. The van der Waals surface area contributed by atoms with E-state index in [9.17, 15) is 9.59 Å². The molecule has 0 spiro atoms. The van der Waals surface area contributed by atoms with E-state index in [2.05, 4.69) is 0 Å². The van der Waals surface area contributed by atoms with Crippen LogP contribution in [0.15, 0.2) is 54.6 Å². The fraction of sp³-hybridized carbons (Fsp3) is 0.364. The Morgan fingerprint density at radius 3 is 2.25 bits per heavy atom. The lowest BCUT2D eigenvalue weighted by Gasteiger charge is -2.25. The number of benzene rings is 2. The van der Waals surface area contributed by atoms with Crippen LogP contribution in [0, 0.1) is 0 Å². The fourth-order valence-electron chi connectivity index (χ4n) is 2.63. The average molecular weight is 385 g/mol. The topological polar surface area (TPSA) is 55.8 Å². The lowest BCUT2D eigenvalue weighted by molar-refractivity contribution is -0.870. The zero-order valence-electron chi connectivity index (χ0n) is 17.1. The highest BCUT2D eigenvalue weighted by Crippen LogP contribution is 2.29. The largest absolute Gasteiger partial charge is 0.495 e. The predicted octanol–water partition coefficient (Wildman–Crippen LogP) is 2.98. The summed E-state index contributed by atoms with van der Waals surface area (Å²) in [5.74, 6) is 0.0589. The van der Waals surface area contributed by atoms with Crippen molar-refractivity contribution in [2.24, 2.45) is 0 Å². The van der Waals surface area contributed by atoms with Crippen molar-refractivity contribution in [1.29, 1.82) is 0 Å². The molecular formula is C22H29N2O4+. The van der Waals surface area contributed by atoms with Gasteiger partial charge in [0.1, 0.15) is 18.9 Å². The number of anilines is 1. The first kappa shape index (κ1) is 21.4. The van der Waals surface area contributed by atoms with Crippen molar-refractivity contribution in [3.63, 3.8) is 0 Å². The minimum absolute atomic E-state index is 0.105. The van der Waals surface area contributed by atoms with Crippen LogP contribution in [-0.2, 0) is 9.53 Å². The van der Waals surface area contributed by atoms with Crippen molar-refractivity contribution >= 4 is 17.6 Å². The zero-order chi connectivity index (χ0) is 20.6. The number of likely N-dealkylation sites (N-methyl/N-ethyl adjacent to an activating group) is 1. The normalized spacial score (nSPS) is 11.0. The van der Waals surface area contributed by atoms with Gasteiger partial charge in [0, 0.05) is 12.1 Å². The second-order valence-electron chi connectivity index (χ2n) is 7.48. The van der Waals surface area contributed by atoms with Gasteiger partial charge in [0.25, 0.3) is 5.91 Å². The van der Waals surface area contributed by atoms with Crippen LogP contribution in [0.5, 0.6) is 5.75 Å². The number of ether oxygens (including phenoxy) is 2. The first-order valence-electron chi connectivity index (χ1n) is 9.28. The highest BCUT2D eigenvalue weighted by atomic mass is 16.5. The van der Waals surface area contributed by atoms with Crippen LogP contribution in [0.3, 0.4) is 0 Å². The Morgan fingerprint density at radius 2 is 1.61 bits per heavy atom. The number of hydrogen-bond acceptors (Lipinski definition) is 4. The molecule has 2 aromatic carbocycles. The van der Waals surface area contributed by atoms with Crippen LogP contribution in [0.1, 0.15) is 16.8 Å². The van der Waals surface area contributed by atoms with Crippen LogP contribution >= 0.6 is 0 Å². The maximum Gasteiger partial charge on any atom is 0.307 e. The summed E-state index contributed by atoms with van der Waals surface area (Å²) in [6.45, 7) is 1.28. The molecule has 0 heterocycles. The van der Waals surface area contributed by atoms with Gasteiger partial charge in [-0.05, 0) is 24.3 Å². The van der Waals surface area contributed by atoms with Crippen molar-refractivity contribution in [3.8, 4) is 5.75 Å². The number of carbonyl (C=O) groups excluding carboxylic acids is 2. The second-order valence-corrected chi connectivity index (χ2v) is 7.48. The Hall–Kier alpha value is -2.86. The Morgan fingerprint density at radius 1 is 0.964 bits per heavy atom. The Labute approximate surface area is 166 Å². The van der Waals surface area contributed by atoms with Gasteiger partial charge in [-0.25, -0.2) is 0 Å². The Kier molecular flexibility index (Phi) is 7.58. The van der Waals surface area contributed by atoms with E-state index in [0.29, 0.717) is 28.1 Å². The molecule has 0 saturated heterocycles. The van der Waals surface area contributed by atoms with Gasteiger partial charge < -0.3 is 18.9 Å². The third kappa shape index (κ3) is 6.39. The van der Waals surface area contributed by atoms with E-state index in [0.717, 1.165) is 6.54 Å². The minimum atomic E-state index is -0.325. The number of carbonyl (C=O) groups is 2. The van der Waals surface area contributed by atoms with Crippen molar-refractivity contribution in [3.05, 3.63) is 60.2 Å². The third-order valence-corrected chi connectivity index (χ3v) is 4.21. The van der Waals surface area contributed by atoms with E-state index in [1.165, 1.54) is 0 Å². The molecule has 0 aliphatic rings. The zero-order valence-corrected chi connectivity index (χ0v) is 17.1. The molecule has 2 aromatic rings. The third-order valence-electron chi connectivity index (χ3n) is 4.21. The molecule has 28 heavy (non-hydrogen) atoms. The van der Waals surface area contributed by atoms with Gasteiger partial charge in [-0.1, -0.05) is 30.3 Å². The first-order chi connectivity index (χ1) is 13.3. The van der Waals surface area contributed by atoms with Gasteiger partial charge in [-0.3, -0.25) is 9.59 Å². The summed E-state index contributed by atoms with van der Waals surface area (Å²) in [5.41, 5.74) is 1.17. The summed E-state index contributed by atoms with van der Waals surface area (Å²) in [5, 5.41) is 0. The number of amides is 1. The van der Waals surface area contributed by atoms with Gasteiger partial charge in [-0.15, -0.1) is 0 Å². The molecule has 2 rings (SSSR count). The lowest BCUT2D eigenvalue weighted by Crippen LogP contribution is -2.38. The number of nitrogens with zero attached hydrogens (tertiary/aromatic N) is 2. The summed E-state index contributed by atoms with van der Waals surface area (Å²) in [6, 6.07) is 16.3. The molecular weight excluding hydrogens is 356 g/mol. The van der Waals surface area contributed by atoms with Gasteiger partial charge in [0.2, 0.25) is 0 Å². The summed E-state index contributed by atoms with van der Waals surface area (Å²) in [6.07, 6.45) is 0.105. The monoisotopic (exact) mass is 385 g/mol. The fourth-order valence-corrected chi connectivity index (χ4v) is 2.63. The predicted molar refractivity (Wildman–Crippen MR) is 110 cm³/mol. The molecule has 0 aliphatic heterocycles. The maximum absolute atomic E-state index is 13.1. The molecule has 0 radical (unpaired) electrons. The highest BCUT2D eigenvalue weighted by molar-refractivity contribution is 6.07. The van der Waals surface area contributed by atoms with E-state index in [4.69, 9.17) is 9.47 Å². The number of hydrogen-bond donors (Lipinski definition) is 0. The molecule has 150 valence electrons. The van der Waals surface area contributed by atoms with Gasteiger partial charge in [0.05, 0.1) is 40.4 Å². The molecule has 6 nitrogen and oxygen atoms in total. The molecule has 0 bridgehead atoms. The number of rotatable bonds is 9. The van der Waals surface area contributed by atoms with Crippen LogP contribution in [0.2, 0.25) is 0 Å². The quantitative estimate of drug-likeness (QED) is 0.492. The van der Waals surface area contributed by atoms with Crippen LogP contribution in [0.4, 0.5) is 5.69 Å². The van der Waals surface area contributed by atoms with E-state index < -0.39 is 0 Å². The Bertz CT molecular complexity index is 785. The number of esters is 1. The number of para-hydroxylation sites is 2. The number of quaternary nitrogens is 1. The standard InChI is InChI=1S/C22H29N2O4/c1-24(2,3)16-17-28-21(25)14-15-23(19-12-8-9-13-20(19)27-4)22(26)18-10-6-5-7-11-18/h5-13H,14-17H2,1-4H3/q+1. The van der Waals surface area contributed by atoms with Crippen LogP contribution < -0.4 is 9.64 Å². The molecule has 6 heteroatoms. The van der Waals surface area contributed by atoms with Crippen molar-refractivity contribution in [1.82, 2.24) is 0 Å². The maximum atomic E-state index is 13.1. The summed E-state index contributed by atoms with van der Waals surface area (Å²) in [4.78, 5) is 26.8. The lowest BCUT2D eigenvalue weighted by atomic mass is 10.1. The minimum Gasteiger partial charge on any atom is -0.495 e. The molecule has 0 N–H and O–H groups in total. The van der Waals surface area contributed by atoms with E-state index >= 15 is 0 Å². The van der Waals surface area contributed by atoms with E-state index in [-0.39, 0.29) is 24.8 Å². The van der Waals surface area contributed by atoms with Crippen LogP contribution in [0.25, 0.3) is 0 Å². The SMILES string of the molecule is COc1ccccc1N(CCC(=O)OCC[N+](C)(C)C)C(=O)c1ccccc1. The molecule has 1 amide bonds. The first-order valence-corrected chi connectivity index (χ1v) is 9.28. The van der Waals surface area contributed by atoms with Crippen molar-refractivity contribution < 1.29 is 23.5 Å². The smallest absolute Gasteiger partial charge is 0.307 e. The molecule has 0 aliphatic carbocycles.